The Kier molecular flexibility index (Phi) is 6.46. The van der Waals surface area contributed by atoms with E-state index in [0.717, 1.165) is 12.1 Å². The van der Waals surface area contributed by atoms with Crippen molar-refractivity contribution < 1.29 is 27.5 Å². The van der Waals surface area contributed by atoms with Crippen LogP contribution in [0.15, 0.2) is 54.6 Å². The highest BCUT2D eigenvalue weighted by atomic mass is 19.4. The molecule has 2 heterocycles. The molecule has 0 radical (unpaired) electrons. The molecule has 3 aromatic rings. The fourth-order valence-corrected chi connectivity index (χ4v) is 3.41. The summed E-state index contributed by atoms with van der Waals surface area (Å²) in [6, 6.07) is 12.4. The van der Waals surface area contributed by atoms with Crippen molar-refractivity contribution in [2.75, 3.05) is 19.6 Å². The second-order valence-electron chi connectivity index (χ2n) is 7.64. The summed E-state index contributed by atoms with van der Waals surface area (Å²) >= 11 is 0. The number of hydrogen-bond donors (Lipinski definition) is 2. The summed E-state index contributed by atoms with van der Waals surface area (Å²) in [5.74, 6) is 0.131. The lowest BCUT2D eigenvalue weighted by Gasteiger charge is -2.26. The molecule has 3 N–H and O–H groups in total. The van der Waals surface area contributed by atoms with Gasteiger partial charge >= 0.3 is 6.18 Å². The predicted molar refractivity (Wildman–Crippen MR) is 116 cm³/mol. The lowest BCUT2D eigenvalue weighted by Crippen LogP contribution is -2.47. The summed E-state index contributed by atoms with van der Waals surface area (Å²) in [6.07, 6.45) is -4.42. The number of hydrogen-bond acceptors (Lipinski definition) is 6. The summed E-state index contributed by atoms with van der Waals surface area (Å²) in [6.45, 7) is 1.74. The molecular weight excluding hydrogens is 451 g/mol. The molecule has 0 spiro atoms. The predicted octanol–water partition coefficient (Wildman–Crippen LogP) is 2.99. The number of nitrogens with one attached hydrogen (secondary N) is 1. The van der Waals surface area contributed by atoms with Crippen LogP contribution in [0.2, 0.25) is 0 Å². The first-order valence-electron chi connectivity index (χ1n) is 10.3. The molecule has 4 rings (SSSR count). The van der Waals surface area contributed by atoms with Gasteiger partial charge in [-0.25, -0.2) is 9.97 Å². The molecule has 1 saturated heterocycles. The number of aromatic nitrogens is 2. The number of nitrogens with two attached hydrogens (primary N) is 1. The number of rotatable bonds is 6. The number of carbonyl (C=O) groups excluding carboxylic acids is 2. The summed E-state index contributed by atoms with van der Waals surface area (Å²) in [5, 5.41) is 2.75. The standard InChI is InChI=1S/C23H20F3N5O3/c24-23(25,26)15-3-7-18(8-4-15)34-17-5-1-14(2-6-17)22-29-16(11-19(30-22)21(27)33)12-31-10-9-28-20(32)13-31/h1-8,11H,9-10,12-13H2,(H2,27,33)(H,28,32). The molecule has 0 saturated carbocycles. The second kappa shape index (κ2) is 9.48. The Hall–Kier alpha value is -3.99. The highest BCUT2D eigenvalue weighted by molar-refractivity contribution is 5.91. The Morgan fingerprint density at radius 1 is 1.06 bits per heavy atom. The molecule has 1 fully saturated rings. The number of amides is 2. The van der Waals surface area contributed by atoms with E-state index in [1.165, 1.54) is 18.2 Å². The molecule has 8 nitrogen and oxygen atoms in total. The molecular formula is C23H20F3N5O3. The van der Waals surface area contributed by atoms with Gasteiger partial charge in [0, 0.05) is 25.2 Å². The first-order valence-corrected chi connectivity index (χ1v) is 10.3. The van der Waals surface area contributed by atoms with Crippen LogP contribution in [0.3, 0.4) is 0 Å². The van der Waals surface area contributed by atoms with Crippen LogP contribution in [0.5, 0.6) is 11.5 Å². The summed E-state index contributed by atoms with van der Waals surface area (Å²) in [7, 11) is 0. The number of nitrogens with zero attached hydrogens (tertiary/aromatic N) is 3. The minimum atomic E-state index is -4.42. The molecule has 1 aliphatic rings. The van der Waals surface area contributed by atoms with Crippen molar-refractivity contribution in [3.63, 3.8) is 0 Å². The van der Waals surface area contributed by atoms with E-state index in [4.69, 9.17) is 10.5 Å². The highest BCUT2D eigenvalue weighted by Crippen LogP contribution is 2.31. The maximum atomic E-state index is 12.7. The van der Waals surface area contributed by atoms with Crippen molar-refractivity contribution in [3.05, 3.63) is 71.5 Å². The van der Waals surface area contributed by atoms with E-state index in [2.05, 4.69) is 15.3 Å². The van der Waals surface area contributed by atoms with Gasteiger partial charge in [-0.3, -0.25) is 14.5 Å². The molecule has 0 atom stereocenters. The van der Waals surface area contributed by atoms with E-state index in [1.54, 1.807) is 24.3 Å². The van der Waals surface area contributed by atoms with Crippen LogP contribution >= 0.6 is 0 Å². The van der Waals surface area contributed by atoms with Crippen LogP contribution in [0.25, 0.3) is 11.4 Å². The van der Waals surface area contributed by atoms with Crippen LogP contribution in [-0.2, 0) is 17.5 Å². The van der Waals surface area contributed by atoms with E-state index in [1.807, 2.05) is 4.90 Å². The largest absolute Gasteiger partial charge is 0.457 e. The molecule has 1 aliphatic heterocycles. The van der Waals surface area contributed by atoms with Gasteiger partial charge < -0.3 is 15.8 Å². The van der Waals surface area contributed by atoms with Gasteiger partial charge in [-0.15, -0.1) is 0 Å². The maximum Gasteiger partial charge on any atom is 0.416 e. The zero-order valence-electron chi connectivity index (χ0n) is 17.8. The first kappa shape index (κ1) is 23.2. The topological polar surface area (TPSA) is 110 Å². The van der Waals surface area contributed by atoms with Crippen LogP contribution < -0.4 is 15.8 Å². The van der Waals surface area contributed by atoms with Crippen molar-refractivity contribution in [2.45, 2.75) is 12.7 Å². The molecule has 11 heteroatoms. The fourth-order valence-electron chi connectivity index (χ4n) is 3.41. The normalized spacial score (nSPS) is 14.5. The second-order valence-corrected chi connectivity index (χ2v) is 7.64. The van der Waals surface area contributed by atoms with Crippen LogP contribution in [0, 0.1) is 0 Å². The van der Waals surface area contributed by atoms with E-state index in [-0.39, 0.29) is 29.7 Å². The number of alkyl halides is 3. The van der Waals surface area contributed by atoms with Gasteiger partial charge in [0.05, 0.1) is 17.8 Å². The van der Waals surface area contributed by atoms with Crippen molar-refractivity contribution in [2.24, 2.45) is 5.73 Å². The average molecular weight is 471 g/mol. The fraction of sp³-hybridized carbons (Fsp3) is 0.217. The molecule has 0 aliphatic carbocycles. The van der Waals surface area contributed by atoms with Crippen molar-refractivity contribution in [1.82, 2.24) is 20.2 Å². The van der Waals surface area contributed by atoms with Crippen LogP contribution in [0.4, 0.5) is 13.2 Å². The van der Waals surface area contributed by atoms with Gasteiger partial charge in [-0.05, 0) is 54.6 Å². The van der Waals surface area contributed by atoms with Gasteiger partial charge in [0.25, 0.3) is 5.91 Å². The lowest BCUT2D eigenvalue weighted by molar-refractivity contribution is -0.137. The van der Waals surface area contributed by atoms with Crippen molar-refractivity contribution >= 4 is 11.8 Å². The summed E-state index contributed by atoms with van der Waals surface area (Å²) in [5.41, 5.74) is 5.85. The van der Waals surface area contributed by atoms with Crippen LogP contribution in [-0.4, -0.2) is 46.3 Å². The smallest absolute Gasteiger partial charge is 0.416 e. The lowest BCUT2D eigenvalue weighted by atomic mass is 10.1. The molecule has 34 heavy (non-hydrogen) atoms. The first-order chi connectivity index (χ1) is 16.2. The monoisotopic (exact) mass is 471 g/mol. The third-order valence-electron chi connectivity index (χ3n) is 5.06. The molecule has 1 aromatic heterocycles. The van der Waals surface area contributed by atoms with E-state index < -0.39 is 17.6 Å². The van der Waals surface area contributed by atoms with Crippen molar-refractivity contribution in [3.8, 4) is 22.9 Å². The molecule has 2 amide bonds. The Morgan fingerprint density at radius 3 is 2.29 bits per heavy atom. The molecule has 0 unspecified atom stereocenters. The van der Waals surface area contributed by atoms with E-state index in [0.29, 0.717) is 36.6 Å². The minimum Gasteiger partial charge on any atom is -0.457 e. The molecule has 0 bridgehead atoms. The highest BCUT2D eigenvalue weighted by Gasteiger charge is 2.30. The van der Waals surface area contributed by atoms with Gasteiger partial charge in [0.15, 0.2) is 5.82 Å². The Morgan fingerprint density at radius 2 is 1.71 bits per heavy atom. The Balaban J connectivity index is 1.52. The van der Waals surface area contributed by atoms with Crippen molar-refractivity contribution in [1.29, 1.82) is 0 Å². The maximum absolute atomic E-state index is 12.7. The molecule has 176 valence electrons. The quantitative estimate of drug-likeness (QED) is 0.572. The Bertz CT molecular complexity index is 1200. The Labute approximate surface area is 192 Å². The van der Waals surface area contributed by atoms with Gasteiger partial charge in [0.2, 0.25) is 5.91 Å². The number of benzene rings is 2. The van der Waals surface area contributed by atoms with Gasteiger partial charge in [-0.2, -0.15) is 13.2 Å². The van der Waals surface area contributed by atoms with Crippen LogP contribution in [0.1, 0.15) is 21.7 Å². The van der Waals surface area contributed by atoms with Gasteiger partial charge in [0.1, 0.15) is 17.2 Å². The molecule has 2 aromatic carbocycles. The zero-order valence-corrected chi connectivity index (χ0v) is 17.8. The van der Waals surface area contributed by atoms with E-state index in [9.17, 15) is 22.8 Å². The number of primary amides is 1. The number of halogens is 3. The number of carbonyl (C=O) groups is 2. The average Bonchev–Trinajstić information content (AvgIpc) is 2.79. The zero-order chi connectivity index (χ0) is 24.3. The summed E-state index contributed by atoms with van der Waals surface area (Å²) < 4.78 is 43.7. The van der Waals surface area contributed by atoms with E-state index >= 15 is 0 Å². The third-order valence-corrected chi connectivity index (χ3v) is 5.06. The minimum absolute atomic E-state index is 0.0477. The van der Waals surface area contributed by atoms with Gasteiger partial charge in [-0.1, -0.05) is 0 Å². The number of ether oxygens (including phenoxy) is 1. The summed E-state index contributed by atoms with van der Waals surface area (Å²) in [4.78, 5) is 34.1. The number of piperazine rings is 1. The SMILES string of the molecule is NC(=O)c1cc(CN2CCNC(=O)C2)nc(-c2ccc(Oc3ccc(C(F)(F)F)cc3)cc2)n1. The third kappa shape index (κ3) is 5.67.